The maximum atomic E-state index is 12.9. The highest BCUT2D eigenvalue weighted by Gasteiger charge is 2.10. The standard InChI is InChI=1S/C21H24FNO2S/c1-3-14-25-20-7-5-4-6-17(20)15-23-21(24)13-8-16(2)26-19-11-9-18(22)10-12-19/h3-7,9-12,16H,1,8,13-15H2,2H3,(H,23,24). The maximum Gasteiger partial charge on any atom is 0.220 e. The van der Waals surface area contributed by atoms with Crippen molar-refractivity contribution in [2.75, 3.05) is 6.61 Å². The molecule has 26 heavy (non-hydrogen) atoms. The molecule has 1 amide bonds. The van der Waals surface area contributed by atoms with E-state index in [0.29, 0.717) is 19.6 Å². The van der Waals surface area contributed by atoms with Crippen LogP contribution >= 0.6 is 11.8 Å². The predicted octanol–water partition coefficient (Wildman–Crippen LogP) is 4.97. The van der Waals surface area contributed by atoms with Crippen molar-refractivity contribution in [2.24, 2.45) is 0 Å². The monoisotopic (exact) mass is 373 g/mol. The lowest BCUT2D eigenvalue weighted by Crippen LogP contribution is -2.23. The van der Waals surface area contributed by atoms with E-state index in [1.807, 2.05) is 24.3 Å². The predicted molar refractivity (Wildman–Crippen MR) is 105 cm³/mol. The van der Waals surface area contributed by atoms with E-state index in [1.165, 1.54) is 12.1 Å². The second-order valence-corrected chi connectivity index (χ2v) is 7.42. The Bertz CT molecular complexity index is 718. The molecule has 3 nitrogen and oxygen atoms in total. The van der Waals surface area contributed by atoms with Gasteiger partial charge in [-0.25, -0.2) is 4.39 Å². The van der Waals surface area contributed by atoms with Crippen molar-refractivity contribution >= 4 is 17.7 Å². The molecule has 1 atom stereocenters. The molecule has 2 rings (SSSR count). The molecule has 0 spiro atoms. The molecule has 0 saturated carbocycles. The number of amides is 1. The largest absolute Gasteiger partial charge is 0.489 e. The van der Waals surface area contributed by atoms with Crippen molar-refractivity contribution in [2.45, 2.75) is 36.5 Å². The second kappa shape index (κ2) is 10.7. The van der Waals surface area contributed by atoms with Crippen molar-refractivity contribution in [1.82, 2.24) is 5.32 Å². The zero-order valence-corrected chi connectivity index (χ0v) is 15.7. The minimum atomic E-state index is -0.237. The highest BCUT2D eigenvalue weighted by molar-refractivity contribution is 7.99. The zero-order valence-electron chi connectivity index (χ0n) is 14.9. The van der Waals surface area contributed by atoms with Crippen molar-refractivity contribution in [1.29, 1.82) is 0 Å². The molecule has 2 aromatic rings. The molecule has 0 fully saturated rings. The number of thioether (sulfide) groups is 1. The van der Waals surface area contributed by atoms with E-state index in [2.05, 4.69) is 18.8 Å². The van der Waals surface area contributed by atoms with E-state index in [-0.39, 0.29) is 17.0 Å². The molecule has 2 aromatic carbocycles. The fourth-order valence-electron chi connectivity index (χ4n) is 2.36. The first-order valence-electron chi connectivity index (χ1n) is 8.59. The van der Waals surface area contributed by atoms with E-state index in [4.69, 9.17) is 4.74 Å². The molecule has 1 N–H and O–H groups in total. The number of rotatable bonds is 10. The quantitative estimate of drug-likeness (QED) is 0.472. The molecule has 0 radical (unpaired) electrons. The van der Waals surface area contributed by atoms with Crippen LogP contribution in [0.1, 0.15) is 25.3 Å². The van der Waals surface area contributed by atoms with Crippen LogP contribution in [0, 0.1) is 5.82 Å². The van der Waals surface area contributed by atoms with E-state index in [0.717, 1.165) is 22.6 Å². The first-order chi connectivity index (χ1) is 12.6. The summed E-state index contributed by atoms with van der Waals surface area (Å²) in [5, 5.41) is 3.21. The fraction of sp³-hybridized carbons (Fsp3) is 0.286. The summed E-state index contributed by atoms with van der Waals surface area (Å²) in [6, 6.07) is 14.1. The number of hydrogen-bond acceptors (Lipinski definition) is 3. The molecule has 1 unspecified atom stereocenters. The number of carbonyl (C=O) groups excluding carboxylic acids is 1. The molecule has 0 saturated heterocycles. The van der Waals surface area contributed by atoms with Gasteiger partial charge in [-0.2, -0.15) is 0 Å². The van der Waals surface area contributed by atoms with E-state index < -0.39 is 0 Å². The van der Waals surface area contributed by atoms with Gasteiger partial charge in [0.2, 0.25) is 5.91 Å². The topological polar surface area (TPSA) is 38.3 Å². The van der Waals surface area contributed by atoms with Crippen LogP contribution in [-0.2, 0) is 11.3 Å². The van der Waals surface area contributed by atoms with Crippen LogP contribution in [0.25, 0.3) is 0 Å². The molecular weight excluding hydrogens is 349 g/mol. The van der Waals surface area contributed by atoms with Crippen LogP contribution in [0.4, 0.5) is 4.39 Å². The molecule has 0 aromatic heterocycles. The Hall–Kier alpha value is -2.27. The molecule has 0 bridgehead atoms. The van der Waals surface area contributed by atoms with Crippen molar-refractivity contribution < 1.29 is 13.9 Å². The fourth-order valence-corrected chi connectivity index (χ4v) is 3.35. The average molecular weight is 373 g/mol. The summed E-state index contributed by atoms with van der Waals surface area (Å²) in [5.74, 6) is 0.529. The molecular formula is C21H24FNO2S. The Balaban J connectivity index is 1.75. The second-order valence-electron chi connectivity index (χ2n) is 5.91. The van der Waals surface area contributed by atoms with Gasteiger partial charge in [0.1, 0.15) is 18.2 Å². The summed E-state index contributed by atoms with van der Waals surface area (Å²) in [5.41, 5.74) is 0.941. The smallest absolute Gasteiger partial charge is 0.220 e. The number of hydrogen-bond donors (Lipinski definition) is 1. The van der Waals surface area contributed by atoms with E-state index in [1.54, 1.807) is 30.0 Å². The van der Waals surface area contributed by atoms with Gasteiger partial charge in [-0.1, -0.05) is 37.8 Å². The van der Waals surface area contributed by atoms with Crippen LogP contribution in [0.5, 0.6) is 5.75 Å². The van der Waals surface area contributed by atoms with Gasteiger partial charge in [-0.3, -0.25) is 4.79 Å². The summed E-state index contributed by atoms with van der Waals surface area (Å²) in [6.45, 7) is 6.58. The number of ether oxygens (including phenoxy) is 1. The first-order valence-corrected chi connectivity index (χ1v) is 9.47. The third kappa shape index (κ3) is 6.92. The lowest BCUT2D eigenvalue weighted by molar-refractivity contribution is -0.121. The lowest BCUT2D eigenvalue weighted by atomic mass is 10.2. The number of benzene rings is 2. The maximum absolute atomic E-state index is 12.9. The summed E-state index contributed by atoms with van der Waals surface area (Å²) >= 11 is 1.64. The van der Waals surface area contributed by atoms with Crippen LogP contribution in [0.2, 0.25) is 0 Å². The Morgan fingerprint density at radius 1 is 1.27 bits per heavy atom. The summed E-state index contributed by atoms with van der Waals surface area (Å²) in [6.07, 6.45) is 2.89. The van der Waals surface area contributed by atoms with Gasteiger partial charge in [0.15, 0.2) is 0 Å². The van der Waals surface area contributed by atoms with Gasteiger partial charge in [-0.15, -0.1) is 11.8 Å². The number of carbonyl (C=O) groups is 1. The Morgan fingerprint density at radius 2 is 2.00 bits per heavy atom. The third-order valence-electron chi connectivity index (χ3n) is 3.73. The van der Waals surface area contributed by atoms with Crippen LogP contribution in [0.15, 0.2) is 66.1 Å². The first kappa shape index (κ1) is 20.0. The highest BCUT2D eigenvalue weighted by atomic mass is 32.2. The minimum Gasteiger partial charge on any atom is -0.489 e. The zero-order chi connectivity index (χ0) is 18.8. The van der Waals surface area contributed by atoms with Gasteiger partial charge >= 0.3 is 0 Å². The molecule has 0 heterocycles. The third-order valence-corrected chi connectivity index (χ3v) is 4.92. The number of nitrogens with one attached hydrogen (secondary N) is 1. The Kier molecular flexibility index (Phi) is 8.22. The average Bonchev–Trinajstić information content (AvgIpc) is 2.65. The SMILES string of the molecule is C=CCOc1ccccc1CNC(=O)CCC(C)Sc1ccc(F)cc1. The van der Waals surface area contributed by atoms with Gasteiger partial charge < -0.3 is 10.1 Å². The summed E-state index contributed by atoms with van der Waals surface area (Å²) < 4.78 is 18.5. The lowest BCUT2D eigenvalue weighted by Gasteiger charge is -2.13. The van der Waals surface area contributed by atoms with Gasteiger partial charge in [0.05, 0.1) is 0 Å². The van der Waals surface area contributed by atoms with Crippen LogP contribution in [-0.4, -0.2) is 17.8 Å². The van der Waals surface area contributed by atoms with Crippen LogP contribution in [0.3, 0.4) is 0 Å². The number of halogens is 1. The Labute approximate surface area is 158 Å². The molecule has 0 aliphatic carbocycles. The minimum absolute atomic E-state index is 0.00933. The summed E-state index contributed by atoms with van der Waals surface area (Å²) in [4.78, 5) is 13.1. The summed E-state index contributed by atoms with van der Waals surface area (Å²) in [7, 11) is 0. The highest BCUT2D eigenvalue weighted by Crippen LogP contribution is 2.26. The van der Waals surface area contributed by atoms with Crippen molar-refractivity contribution in [3.05, 3.63) is 72.6 Å². The van der Waals surface area contributed by atoms with Gasteiger partial charge in [-0.05, 0) is 36.8 Å². The molecule has 0 aliphatic heterocycles. The van der Waals surface area contributed by atoms with Crippen LogP contribution < -0.4 is 10.1 Å². The molecule has 138 valence electrons. The van der Waals surface area contributed by atoms with Gasteiger partial charge in [0, 0.05) is 28.7 Å². The molecule has 0 aliphatic rings. The number of para-hydroxylation sites is 1. The molecule has 5 heteroatoms. The van der Waals surface area contributed by atoms with Crippen molar-refractivity contribution in [3.63, 3.8) is 0 Å². The van der Waals surface area contributed by atoms with E-state index in [9.17, 15) is 9.18 Å². The van der Waals surface area contributed by atoms with E-state index >= 15 is 0 Å². The normalized spacial score (nSPS) is 11.6. The van der Waals surface area contributed by atoms with Gasteiger partial charge in [0.25, 0.3) is 0 Å². The Morgan fingerprint density at radius 3 is 2.73 bits per heavy atom. The van der Waals surface area contributed by atoms with Crippen molar-refractivity contribution in [3.8, 4) is 5.75 Å².